The Kier molecular flexibility index (Phi) is 8.11. The van der Waals surface area contributed by atoms with Gasteiger partial charge in [0, 0.05) is 24.8 Å². The van der Waals surface area contributed by atoms with Crippen LogP contribution in [0.2, 0.25) is 5.02 Å². The van der Waals surface area contributed by atoms with Gasteiger partial charge in [0.2, 0.25) is 0 Å². The summed E-state index contributed by atoms with van der Waals surface area (Å²) in [5, 5.41) is 10.4. The van der Waals surface area contributed by atoms with E-state index < -0.39 is 23.2 Å². The SMILES string of the molecule is CC(C)(C)OC(=O)N1CC(C(=O)N2CCC(C#N)(Cc3ccc(F)cc3)CC2)Oc2cc(-c3ccccn3)c(Cl)cc21. The molecule has 0 saturated carbocycles. The van der Waals surface area contributed by atoms with Crippen LogP contribution in [-0.2, 0) is 16.0 Å². The molecule has 0 N–H and O–H groups in total. The molecule has 2 amide bonds. The Bertz CT molecular complexity index is 1510. The van der Waals surface area contributed by atoms with E-state index in [9.17, 15) is 19.2 Å². The van der Waals surface area contributed by atoms with Crippen LogP contribution in [0.5, 0.6) is 5.75 Å². The van der Waals surface area contributed by atoms with Gasteiger partial charge in [-0.1, -0.05) is 29.8 Å². The van der Waals surface area contributed by atoms with Gasteiger partial charge >= 0.3 is 6.09 Å². The molecule has 3 aromatic rings. The van der Waals surface area contributed by atoms with Gasteiger partial charge in [0.15, 0.2) is 6.10 Å². The van der Waals surface area contributed by atoms with Crippen LogP contribution in [0.25, 0.3) is 11.3 Å². The van der Waals surface area contributed by atoms with Gasteiger partial charge in [-0.2, -0.15) is 5.26 Å². The lowest BCUT2D eigenvalue weighted by Gasteiger charge is -2.41. The minimum atomic E-state index is -0.991. The van der Waals surface area contributed by atoms with Gasteiger partial charge in [-0.25, -0.2) is 9.18 Å². The number of hydrogen-bond acceptors (Lipinski definition) is 6. The molecular weight excluding hydrogens is 559 g/mol. The molecule has 3 heterocycles. The molecule has 0 radical (unpaired) electrons. The summed E-state index contributed by atoms with van der Waals surface area (Å²) >= 11 is 6.63. The normalized spacial score (nSPS) is 18.0. The number of nitrogens with zero attached hydrogens (tertiary/aromatic N) is 4. The number of ether oxygens (including phenoxy) is 2. The van der Waals surface area contributed by atoms with Crippen molar-refractivity contribution in [2.45, 2.75) is 51.7 Å². The van der Waals surface area contributed by atoms with Crippen LogP contribution in [0.3, 0.4) is 0 Å². The van der Waals surface area contributed by atoms with Gasteiger partial charge < -0.3 is 14.4 Å². The lowest BCUT2D eigenvalue weighted by Crippen LogP contribution is -2.54. The molecular formula is C32H32ClFN4O4. The minimum absolute atomic E-state index is 0.0600. The topological polar surface area (TPSA) is 95.8 Å². The van der Waals surface area contributed by atoms with Crippen LogP contribution in [0.1, 0.15) is 39.2 Å². The number of aromatic nitrogens is 1. The lowest BCUT2D eigenvalue weighted by molar-refractivity contribution is -0.140. The lowest BCUT2D eigenvalue weighted by atomic mass is 9.75. The number of carbonyl (C=O) groups excluding carboxylic acids is 2. The summed E-state index contributed by atoms with van der Waals surface area (Å²) in [5.41, 5.74) is 1.08. The summed E-state index contributed by atoms with van der Waals surface area (Å²) in [5.74, 6) is -0.291. The number of hydrogen-bond donors (Lipinski definition) is 0. The number of likely N-dealkylation sites (tertiary alicyclic amines) is 1. The molecule has 1 atom stereocenters. The van der Waals surface area contributed by atoms with Crippen molar-refractivity contribution in [2.75, 3.05) is 24.5 Å². The van der Waals surface area contributed by atoms with E-state index in [2.05, 4.69) is 11.1 Å². The maximum Gasteiger partial charge on any atom is 0.415 e. The van der Waals surface area contributed by atoms with E-state index in [-0.39, 0.29) is 18.3 Å². The van der Waals surface area contributed by atoms with Crippen LogP contribution in [0.15, 0.2) is 60.8 Å². The third-order valence-electron chi connectivity index (χ3n) is 7.51. The van der Waals surface area contributed by atoms with Gasteiger partial charge in [-0.3, -0.25) is 14.7 Å². The Morgan fingerprint density at radius 2 is 1.88 bits per heavy atom. The first kappa shape index (κ1) is 29.3. The molecule has 1 fully saturated rings. The predicted octanol–water partition coefficient (Wildman–Crippen LogP) is 6.42. The number of anilines is 1. The molecule has 2 aromatic carbocycles. The first-order chi connectivity index (χ1) is 20.0. The maximum absolute atomic E-state index is 13.8. The number of carbonyl (C=O) groups is 2. The first-order valence-electron chi connectivity index (χ1n) is 13.8. The van der Waals surface area contributed by atoms with Crippen molar-refractivity contribution in [3.63, 3.8) is 0 Å². The molecule has 1 saturated heterocycles. The van der Waals surface area contributed by atoms with Crippen molar-refractivity contribution in [3.05, 3.63) is 77.2 Å². The molecule has 0 aliphatic carbocycles. The molecule has 2 aliphatic heterocycles. The molecule has 10 heteroatoms. The van der Waals surface area contributed by atoms with E-state index in [4.69, 9.17) is 21.1 Å². The van der Waals surface area contributed by atoms with Crippen LogP contribution in [0.4, 0.5) is 14.9 Å². The van der Waals surface area contributed by atoms with E-state index in [1.54, 1.807) is 62.2 Å². The van der Waals surface area contributed by atoms with Crippen molar-refractivity contribution < 1.29 is 23.5 Å². The fourth-order valence-corrected chi connectivity index (χ4v) is 5.57. The first-order valence-corrected chi connectivity index (χ1v) is 14.2. The van der Waals surface area contributed by atoms with E-state index in [1.165, 1.54) is 17.0 Å². The van der Waals surface area contributed by atoms with Crippen LogP contribution in [0, 0.1) is 22.6 Å². The summed E-state index contributed by atoms with van der Waals surface area (Å²) in [6.45, 7) is 5.96. The molecule has 2 aliphatic rings. The van der Waals surface area contributed by atoms with Gasteiger partial charge in [-0.05, 0) is 82.0 Å². The zero-order chi connectivity index (χ0) is 30.1. The second kappa shape index (κ2) is 11.6. The number of piperidine rings is 1. The third kappa shape index (κ3) is 6.34. The number of rotatable bonds is 4. The van der Waals surface area contributed by atoms with E-state index in [0.29, 0.717) is 60.1 Å². The van der Waals surface area contributed by atoms with Crippen molar-refractivity contribution >= 4 is 29.3 Å². The molecule has 42 heavy (non-hydrogen) atoms. The van der Waals surface area contributed by atoms with Crippen molar-refractivity contribution in [1.82, 2.24) is 9.88 Å². The number of halogens is 2. The zero-order valence-corrected chi connectivity index (χ0v) is 24.5. The van der Waals surface area contributed by atoms with Crippen molar-refractivity contribution in [3.8, 4) is 23.1 Å². The van der Waals surface area contributed by atoms with E-state index in [0.717, 1.165) is 5.56 Å². The van der Waals surface area contributed by atoms with Gasteiger partial charge in [-0.15, -0.1) is 0 Å². The Morgan fingerprint density at radius 1 is 1.17 bits per heavy atom. The van der Waals surface area contributed by atoms with Gasteiger partial charge in [0.05, 0.1) is 34.4 Å². The predicted molar refractivity (Wildman–Crippen MR) is 157 cm³/mol. The molecule has 8 nitrogen and oxygen atoms in total. The molecule has 218 valence electrons. The Morgan fingerprint density at radius 3 is 2.50 bits per heavy atom. The van der Waals surface area contributed by atoms with Crippen molar-refractivity contribution in [2.24, 2.45) is 5.41 Å². The average molecular weight is 591 g/mol. The van der Waals surface area contributed by atoms with E-state index in [1.807, 2.05) is 12.1 Å². The second-order valence-electron chi connectivity index (χ2n) is 11.7. The fraction of sp³-hybridized carbons (Fsp3) is 0.375. The Hall–Kier alpha value is -4.16. The third-order valence-corrected chi connectivity index (χ3v) is 7.83. The minimum Gasteiger partial charge on any atom is -0.476 e. The monoisotopic (exact) mass is 590 g/mol. The smallest absolute Gasteiger partial charge is 0.415 e. The highest BCUT2D eigenvalue weighted by molar-refractivity contribution is 6.33. The summed E-state index contributed by atoms with van der Waals surface area (Å²) in [7, 11) is 0. The maximum atomic E-state index is 13.8. The largest absolute Gasteiger partial charge is 0.476 e. The summed E-state index contributed by atoms with van der Waals surface area (Å²) in [4.78, 5) is 34.6. The van der Waals surface area contributed by atoms with E-state index >= 15 is 0 Å². The van der Waals surface area contributed by atoms with Crippen LogP contribution < -0.4 is 9.64 Å². The highest BCUT2D eigenvalue weighted by Gasteiger charge is 2.42. The zero-order valence-electron chi connectivity index (χ0n) is 23.8. The highest BCUT2D eigenvalue weighted by Crippen LogP contribution is 2.42. The van der Waals surface area contributed by atoms with Gasteiger partial charge in [0.1, 0.15) is 17.2 Å². The molecule has 0 spiro atoms. The van der Waals surface area contributed by atoms with Crippen LogP contribution >= 0.6 is 11.6 Å². The summed E-state index contributed by atoms with van der Waals surface area (Å²) in [6.07, 6.45) is 1.44. The highest BCUT2D eigenvalue weighted by atomic mass is 35.5. The van der Waals surface area contributed by atoms with Gasteiger partial charge in [0.25, 0.3) is 5.91 Å². The number of benzene rings is 2. The van der Waals surface area contributed by atoms with Crippen molar-refractivity contribution in [1.29, 1.82) is 5.26 Å². The fourth-order valence-electron chi connectivity index (χ4n) is 5.32. The molecule has 5 rings (SSSR count). The quantitative estimate of drug-likeness (QED) is 0.348. The Labute approximate surface area is 249 Å². The standard InChI is InChI=1S/C32H32ClFN4O4/c1-31(2,3)42-30(40)38-19-28(41-27-16-23(24(33)17-26(27)38)25-6-4-5-13-36-25)29(39)37-14-11-32(20-35,12-15-37)18-21-7-9-22(34)10-8-21/h4-10,13,16-17,28H,11-12,14-15,18-19H2,1-3H3. The Balaban J connectivity index is 1.38. The molecule has 1 aromatic heterocycles. The average Bonchev–Trinajstić information content (AvgIpc) is 2.97. The summed E-state index contributed by atoms with van der Waals surface area (Å²) < 4.78 is 25.3. The number of pyridine rings is 1. The summed E-state index contributed by atoms with van der Waals surface area (Å²) in [6, 6.07) is 17.4. The number of fused-ring (bicyclic) bond motifs is 1. The second-order valence-corrected chi connectivity index (χ2v) is 12.1. The number of nitriles is 1. The molecule has 1 unspecified atom stereocenters. The number of amides is 2. The molecule has 0 bridgehead atoms. The van der Waals surface area contributed by atoms with Crippen LogP contribution in [-0.4, -0.2) is 53.2 Å².